The second-order valence-corrected chi connectivity index (χ2v) is 10.1. The third kappa shape index (κ3) is 5.44. The van der Waals surface area contributed by atoms with Crippen LogP contribution < -0.4 is 5.73 Å². The predicted molar refractivity (Wildman–Crippen MR) is 164 cm³/mol. The Morgan fingerprint density at radius 1 is 0.425 bits per heavy atom. The maximum Gasteiger partial charge on any atom is 0.164 e. The molecule has 0 fully saturated rings. The van der Waals surface area contributed by atoms with Crippen molar-refractivity contribution in [3.8, 4) is 56.4 Å². The Bertz CT molecular complexity index is 1700. The fraction of sp³-hybridized carbons (Fsp3) is 0.0833. The molecule has 0 aliphatic rings. The summed E-state index contributed by atoms with van der Waals surface area (Å²) >= 11 is 0. The third-order valence-electron chi connectivity index (χ3n) is 6.97. The summed E-state index contributed by atoms with van der Waals surface area (Å²) in [6, 6.07) is 41.8. The Morgan fingerprint density at radius 3 is 1.35 bits per heavy atom. The molecule has 0 spiro atoms. The number of hydrogen-bond acceptors (Lipinski definition) is 4. The molecule has 0 bridgehead atoms. The molecule has 0 atom stereocenters. The van der Waals surface area contributed by atoms with E-state index < -0.39 is 0 Å². The molecule has 0 radical (unpaired) electrons. The molecule has 5 aromatic carbocycles. The van der Waals surface area contributed by atoms with Crippen molar-refractivity contribution >= 4 is 0 Å². The standard InChI is InChI=1S/C36H30N4/c1-24-17-25(2)19-30(18-24)32-20-31(27-15-13-26(23-37)14-16-27)21-33(22-32)36-39-34(28-9-5-3-6-10-28)38-35(40-36)29-11-7-4-8-12-29/h3-22H,23,37H2,1-2H3. The SMILES string of the molecule is Cc1cc(C)cc(-c2cc(-c3ccc(CN)cc3)cc(-c3nc(-c4ccccc4)nc(-c4ccccc4)n3)c2)c1. The molecular weight excluding hydrogens is 488 g/mol. The molecule has 2 N–H and O–H groups in total. The number of rotatable bonds is 6. The normalized spacial score (nSPS) is 11.0. The largest absolute Gasteiger partial charge is 0.326 e. The molecule has 4 nitrogen and oxygen atoms in total. The van der Waals surface area contributed by atoms with Crippen LogP contribution in [0.3, 0.4) is 0 Å². The van der Waals surface area contributed by atoms with Crippen LogP contribution in [0.25, 0.3) is 56.4 Å². The van der Waals surface area contributed by atoms with Crippen molar-refractivity contribution < 1.29 is 0 Å². The number of aromatic nitrogens is 3. The van der Waals surface area contributed by atoms with E-state index in [1.54, 1.807) is 0 Å². The summed E-state index contributed by atoms with van der Waals surface area (Å²) in [4.78, 5) is 14.9. The van der Waals surface area contributed by atoms with E-state index in [-0.39, 0.29) is 0 Å². The van der Waals surface area contributed by atoms with Gasteiger partial charge in [-0.1, -0.05) is 114 Å². The number of nitrogens with zero attached hydrogens (tertiary/aromatic N) is 3. The molecule has 0 aliphatic carbocycles. The summed E-state index contributed by atoms with van der Waals surface area (Å²) in [6.07, 6.45) is 0. The Morgan fingerprint density at radius 2 is 0.850 bits per heavy atom. The van der Waals surface area contributed by atoms with Crippen LogP contribution in [0.4, 0.5) is 0 Å². The van der Waals surface area contributed by atoms with Crippen LogP contribution in [0.2, 0.25) is 0 Å². The molecule has 40 heavy (non-hydrogen) atoms. The van der Waals surface area contributed by atoms with E-state index >= 15 is 0 Å². The molecule has 0 unspecified atom stereocenters. The van der Waals surface area contributed by atoms with E-state index in [1.165, 1.54) is 16.7 Å². The van der Waals surface area contributed by atoms with Gasteiger partial charge in [-0.15, -0.1) is 0 Å². The van der Waals surface area contributed by atoms with E-state index in [2.05, 4.69) is 74.5 Å². The minimum Gasteiger partial charge on any atom is -0.326 e. The molecule has 4 heteroatoms. The van der Waals surface area contributed by atoms with Gasteiger partial charge in [0.1, 0.15) is 0 Å². The van der Waals surface area contributed by atoms with Gasteiger partial charge >= 0.3 is 0 Å². The zero-order chi connectivity index (χ0) is 27.5. The highest BCUT2D eigenvalue weighted by molar-refractivity contribution is 5.80. The Labute approximate surface area is 235 Å². The van der Waals surface area contributed by atoms with Crippen LogP contribution >= 0.6 is 0 Å². The van der Waals surface area contributed by atoms with Crippen molar-refractivity contribution in [1.82, 2.24) is 15.0 Å². The highest BCUT2D eigenvalue weighted by Gasteiger charge is 2.15. The van der Waals surface area contributed by atoms with Gasteiger partial charge in [0.2, 0.25) is 0 Å². The average Bonchev–Trinajstić information content (AvgIpc) is 3.01. The van der Waals surface area contributed by atoms with Gasteiger partial charge in [0.15, 0.2) is 17.5 Å². The fourth-order valence-corrected chi connectivity index (χ4v) is 5.00. The predicted octanol–water partition coefficient (Wildman–Crippen LogP) is 8.28. The summed E-state index contributed by atoms with van der Waals surface area (Å²) in [5.41, 5.74) is 16.8. The summed E-state index contributed by atoms with van der Waals surface area (Å²) in [5, 5.41) is 0. The number of aryl methyl sites for hydroxylation is 2. The van der Waals surface area contributed by atoms with Crippen molar-refractivity contribution in [3.05, 3.63) is 138 Å². The van der Waals surface area contributed by atoms with E-state index in [9.17, 15) is 0 Å². The van der Waals surface area contributed by atoms with E-state index in [0.29, 0.717) is 24.0 Å². The summed E-state index contributed by atoms with van der Waals surface area (Å²) in [5.74, 6) is 1.93. The zero-order valence-corrected chi connectivity index (χ0v) is 22.7. The van der Waals surface area contributed by atoms with Crippen molar-refractivity contribution in [3.63, 3.8) is 0 Å². The Balaban J connectivity index is 1.58. The van der Waals surface area contributed by atoms with Gasteiger partial charge < -0.3 is 5.73 Å². The van der Waals surface area contributed by atoms with Gasteiger partial charge in [0, 0.05) is 23.2 Å². The first-order valence-corrected chi connectivity index (χ1v) is 13.5. The lowest BCUT2D eigenvalue weighted by Crippen LogP contribution is -2.00. The lowest BCUT2D eigenvalue weighted by Gasteiger charge is -2.13. The van der Waals surface area contributed by atoms with E-state index in [4.69, 9.17) is 20.7 Å². The van der Waals surface area contributed by atoms with Crippen LogP contribution in [0, 0.1) is 13.8 Å². The first-order valence-electron chi connectivity index (χ1n) is 13.5. The molecule has 0 saturated heterocycles. The monoisotopic (exact) mass is 518 g/mol. The maximum absolute atomic E-state index is 5.87. The summed E-state index contributed by atoms with van der Waals surface area (Å²) in [6.45, 7) is 4.79. The molecule has 0 saturated carbocycles. The van der Waals surface area contributed by atoms with Gasteiger partial charge in [-0.05, 0) is 59.9 Å². The molecule has 1 heterocycles. The molecule has 194 valence electrons. The molecule has 0 amide bonds. The smallest absolute Gasteiger partial charge is 0.164 e. The number of hydrogen-bond donors (Lipinski definition) is 1. The first kappa shape index (κ1) is 25.4. The zero-order valence-electron chi connectivity index (χ0n) is 22.7. The Hall–Kier alpha value is -4.93. The first-order chi connectivity index (χ1) is 19.6. The van der Waals surface area contributed by atoms with Crippen molar-refractivity contribution in [2.75, 3.05) is 0 Å². The fourth-order valence-electron chi connectivity index (χ4n) is 5.00. The topological polar surface area (TPSA) is 64.7 Å². The highest BCUT2D eigenvalue weighted by atomic mass is 15.0. The molecule has 6 aromatic rings. The van der Waals surface area contributed by atoms with Gasteiger partial charge in [0.05, 0.1) is 0 Å². The summed E-state index contributed by atoms with van der Waals surface area (Å²) in [7, 11) is 0. The van der Waals surface area contributed by atoms with Gasteiger partial charge in [-0.2, -0.15) is 0 Å². The minimum absolute atomic E-state index is 0.517. The van der Waals surface area contributed by atoms with Crippen LogP contribution in [0.5, 0.6) is 0 Å². The van der Waals surface area contributed by atoms with Crippen molar-refractivity contribution in [2.24, 2.45) is 5.73 Å². The number of nitrogens with two attached hydrogens (primary N) is 1. The molecule has 6 rings (SSSR count). The van der Waals surface area contributed by atoms with Crippen LogP contribution in [-0.2, 0) is 6.54 Å². The molecule has 0 aliphatic heterocycles. The van der Waals surface area contributed by atoms with Crippen molar-refractivity contribution in [2.45, 2.75) is 20.4 Å². The Kier molecular flexibility index (Phi) is 7.00. The van der Waals surface area contributed by atoms with Gasteiger partial charge in [-0.25, -0.2) is 15.0 Å². The number of benzene rings is 5. The quantitative estimate of drug-likeness (QED) is 0.241. The average molecular weight is 519 g/mol. The third-order valence-corrected chi connectivity index (χ3v) is 6.97. The second kappa shape index (κ2) is 11.0. The van der Waals surface area contributed by atoms with E-state index in [1.807, 2.05) is 60.7 Å². The van der Waals surface area contributed by atoms with Crippen LogP contribution in [0.15, 0.2) is 121 Å². The maximum atomic E-state index is 5.87. The lowest BCUT2D eigenvalue weighted by molar-refractivity contribution is 1.07. The van der Waals surface area contributed by atoms with E-state index in [0.717, 1.165) is 38.9 Å². The van der Waals surface area contributed by atoms with Crippen LogP contribution in [0.1, 0.15) is 16.7 Å². The highest BCUT2D eigenvalue weighted by Crippen LogP contribution is 2.34. The summed E-state index contributed by atoms with van der Waals surface area (Å²) < 4.78 is 0. The minimum atomic E-state index is 0.517. The van der Waals surface area contributed by atoms with Gasteiger partial charge in [-0.3, -0.25) is 0 Å². The van der Waals surface area contributed by atoms with Crippen molar-refractivity contribution in [1.29, 1.82) is 0 Å². The van der Waals surface area contributed by atoms with Gasteiger partial charge in [0.25, 0.3) is 0 Å². The molecular formula is C36H30N4. The molecule has 1 aromatic heterocycles. The lowest BCUT2D eigenvalue weighted by atomic mass is 9.94. The second-order valence-electron chi connectivity index (χ2n) is 10.1. The van der Waals surface area contributed by atoms with Crippen LogP contribution in [-0.4, -0.2) is 15.0 Å².